The van der Waals surface area contributed by atoms with E-state index in [0.717, 1.165) is 22.6 Å². The lowest BCUT2D eigenvalue weighted by Gasteiger charge is -2.15. The summed E-state index contributed by atoms with van der Waals surface area (Å²) < 4.78 is 5.43. The Bertz CT molecular complexity index is 763. The fourth-order valence-corrected chi connectivity index (χ4v) is 3.56. The number of fused-ring (bicyclic) bond motifs is 1. The van der Waals surface area contributed by atoms with E-state index in [9.17, 15) is 14.7 Å². The highest BCUT2D eigenvalue weighted by atomic mass is 32.2. The molecular weight excluding hydrogens is 338 g/mol. The number of aliphatic carboxylic acids is 1. The maximum atomic E-state index is 12.1. The summed E-state index contributed by atoms with van der Waals surface area (Å²) in [7, 11) is 0. The average molecular weight is 357 g/mol. The second-order valence-corrected chi connectivity index (χ2v) is 6.88. The van der Waals surface area contributed by atoms with Crippen LogP contribution >= 0.6 is 11.8 Å². The number of rotatable bonds is 7. The van der Waals surface area contributed by atoms with Crippen LogP contribution in [-0.4, -0.2) is 29.3 Å². The van der Waals surface area contributed by atoms with Gasteiger partial charge in [-0.1, -0.05) is 24.3 Å². The summed E-state index contributed by atoms with van der Waals surface area (Å²) in [4.78, 5) is 24.8. The lowest BCUT2D eigenvalue weighted by atomic mass is 10.0. The minimum Gasteiger partial charge on any atom is -0.493 e. The van der Waals surface area contributed by atoms with E-state index in [1.807, 2.05) is 30.3 Å². The van der Waals surface area contributed by atoms with Crippen LogP contribution in [0.25, 0.3) is 0 Å². The summed E-state index contributed by atoms with van der Waals surface area (Å²) in [5.41, 5.74) is 1.55. The quantitative estimate of drug-likeness (QED) is 0.745. The first-order valence-corrected chi connectivity index (χ1v) is 9.07. The number of hydrogen-bond donors (Lipinski definition) is 2. The molecule has 130 valence electrons. The molecule has 1 atom stereocenters. The van der Waals surface area contributed by atoms with Gasteiger partial charge < -0.3 is 15.2 Å². The van der Waals surface area contributed by atoms with E-state index in [4.69, 9.17) is 4.74 Å². The van der Waals surface area contributed by atoms with Crippen molar-refractivity contribution >= 4 is 23.6 Å². The van der Waals surface area contributed by atoms with Crippen LogP contribution in [-0.2, 0) is 16.0 Å². The largest absolute Gasteiger partial charge is 0.493 e. The highest BCUT2D eigenvalue weighted by molar-refractivity contribution is 7.99. The minimum atomic E-state index is -1.07. The summed E-state index contributed by atoms with van der Waals surface area (Å²) >= 11 is 1.57. The molecule has 1 heterocycles. The third-order valence-electron chi connectivity index (χ3n) is 3.94. The van der Waals surface area contributed by atoms with E-state index >= 15 is 0 Å². The van der Waals surface area contributed by atoms with E-state index in [1.165, 1.54) is 0 Å². The molecule has 2 aromatic carbocycles. The van der Waals surface area contributed by atoms with E-state index < -0.39 is 12.0 Å². The van der Waals surface area contributed by atoms with Crippen molar-refractivity contribution in [2.24, 2.45) is 0 Å². The number of carboxylic acids is 1. The first kappa shape index (κ1) is 17.4. The molecule has 0 radical (unpaired) electrons. The Kier molecular flexibility index (Phi) is 5.60. The normalized spacial score (nSPS) is 13.6. The highest BCUT2D eigenvalue weighted by Gasteiger charge is 2.24. The first-order chi connectivity index (χ1) is 12.1. The zero-order chi connectivity index (χ0) is 17.6. The number of hydrogen-bond acceptors (Lipinski definition) is 4. The molecule has 3 rings (SSSR count). The van der Waals surface area contributed by atoms with Crippen molar-refractivity contribution in [2.45, 2.75) is 23.8 Å². The average Bonchev–Trinajstić information content (AvgIpc) is 3.08. The van der Waals surface area contributed by atoms with E-state index in [1.54, 1.807) is 30.0 Å². The van der Waals surface area contributed by atoms with Crippen molar-refractivity contribution < 1.29 is 19.4 Å². The number of carbonyl (C=O) groups is 2. The minimum absolute atomic E-state index is 0.261. The van der Waals surface area contributed by atoms with Gasteiger partial charge in [0.1, 0.15) is 5.75 Å². The Morgan fingerprint density at radius 3 is 2.76 bits per heavy atom. The number of thioether (sulfide) groups is 1. The number of carboxylic acid groups (broad SMARTS) is 1. The fourth-order valence-electron chi connectivity index (χ4n) is 2.69. The van der Waals surface area contributed by atoms with Crippen LogP contribution in [0.3, 0.4) is 0 Å². The summed E-state index contributed by atoms with van der Waals surface area (Å²) in [5, 5.41) is 12.1. The maximum Gasteiger partial charge on any atom is 0.330 e. The van der Waals surface area contributed by atoms with Crippen LogP contribution < -0.4 is 10.1 Å². The lowest BCUT2D eigenvalue weighted by molar-refractivity contribution is -0.142. The number of ether oxygens (including phenoxy) is 1. The van der Waals surface area contributed by atoms with Crippen LogP contribution in [0.1, 0.15) is 23.6 Å². The molecule has 2 aromatic rings. The number of benzene rings is 2. The molecule has 0 spiro atoms. The van der Waals surface area contributed by atoms with Crippen LogP contribution in [0, 0.1) is 0 Å². The monoisotopic (exact) mass is 357 g/mol. The van der Waals surface area contributed by atoms with Gasteiger partial charge >= 0.3 is 5.97 Å². The van der Waals surface area contributed by atoms with E-state index in [0.29, 0.717) is 17.9 Å². The molecule has 0 fully saturated rings. The third-order valence-corrected chi connectivity index (χ3v) is 4.95. The fraction of sp³-hybridized carbons (Fsp3) is 0.263. The van der Waals surface area contributed by atoms with Gasteiger partial charge in [-0.3, -0.25) is 4.79 Å². The zero-order valence-corrected chi connectivity index (χ0v) is 14.4. The molecule has 0 aromatic heterocycles. The smallest absolute Gasteiger partial charge is 0.330 e. The summed E-state index contributed by atoms with van der Waals surface area (Å²) in [6, 6.07) is 14.0. The number of amides is 1. The standard InChI is InChI=1S/C19H19NO4S/c21-17(9-11-25-15-4-2-1-3-5-15)20-18(19(22)23)14-6-7-16-13(12-14)8-10-24-16/h1-7,12,18H,8-11H2,(H,20,21)(H,22,23). The van der Waals surface area contributed by atoms with E-state index in [2.05, 4.69) is 5.32 Å². The van der Waals surface area contributed by atoms with Crippen molar-refractivity contribution in [2.75, 3.05) is 12.4 Å². The molecule has 25 heavy (non-hydrogen) atoms. The molecule has 0 bridgehead atoms. The highest BCUT2D eigenvalue weighted by Crippen LogP contribution is 2.28. The van der Waals surface area contributed by atoms with Crippen LogP contribution in [0.5, 0.6) is 5.75 Å². The SMILES string of the molecule is O=C(CCSc1ccccc1)NC(C(=O)O)c1ccc2c(c1)CCO2. The van der Waals surface area contributed by atoms with Crippen LogP contribution in [0.4, 0.5) is 0 Å². The first-order valence-electron chi connectivity index (χ1n) is 8.09. The van der Waals surface area contributed by atoms with Gasteiger partial charge in [0.25, 0.3) is 0 Å². The topological polar surface area (TPSA) is 75.6 Å². The van der Waals surface area contributed by atoms with Gasteiger partial charge in [-0.15, -0.1) is 11.8 Å². The second kappa shape index (κ2) is 8.07. The molecule has 0 saturated carbocycles. The van der Waals surface area contributed by atoms with Crippen molar-refractivity contribution in [3.05, 3.63) is 59.7 Å². The molecule has 0 aliphatic carbocycles. The van der Waals surface area contributed by atoms with Crippen LogP contribution in [0.2, 0.25) is 0 Å². The number of nitrogens with one attached hydrogen (secondary N) is 1. The lowest BCUT2D eigenvalue weighted by Crippen LogP contribution is -2.33. The molecule has 6 heteroatoms. The van der Waals surface area contributed by atoms with Gasteiger partial charge in [-0.2, -0.15) is 0 Å². The summed E-state index contributed by atoms with van der Waals surface area (Å²) in [5.74, 6) is 0.0502. The Labute approximate surface area is 150 Å². The number of carbonyl (C=O) groups excluding carboxylic acids is 1. The van der Waals surface area contributed by atoms with Gasteiger partial charge in [-0.25, -0.2) is 4.79 Å². The summed E-state index contributed by atoms with van der Waals surface area (Å²) in [6.07, 6.45) is 1.02. The zero-order valence-electron chi connectivity index (χ0n) is 13.6. The molecule has 2 N–H and O–H groups in total. The van der Waals surface area contributed by atoms with Crippen molar-refractivity contribution in [1.82, 2.24) is 5.32 Å². The van der Waals surface area contributed by atoms with Gasteiger partial charge in [-0.05, 0) is 35.4 Å². The summed E-state index contributed by atoms with van der Waals surface area (Å²) in [6.45, 7) is 0.611. The van der Waals surface area contributed by atoms with Gasteiger partial charge in [0.05, 0.1) is 6.61 Å². The maximum absolute atomic E-state index is 12.1. The molecule has 5 nitrogen and oxygen atoms in total. The Morgan fingerprint density at radius 2 is 2.00 bits per heavy atom. The molecule has 1 amide bonds. The second-order valence-electron chi connectivity index (χ2n) is 5.72. The predicted molar refractivity (Wildman–Crippen MR) is 95.9 cm³/mol. The van der Waals surface area contributed by atoms with Crippen molar-refractivity contribution in [1.29, 1.82) is 0 Å². The van der Waals surface area contributed by atoms with Crippen molar-refractivity contribution in [3.63, 3.8) is 0 Å². The van der Waals surface area contributed by atoms with Crippen LogP contribution in [0.15, 0.2) is 53.4 Å². The van der Waals surface area contributed by atoms with Gasteiger partial charge in [0.2, 0.25) is 5.91 Å². The van der Waals surface area contributed by atoms with Gasteiger partial charge in [0, 0.05) is 23.5 Å². The molecule has 1 aliphatic rings. The molecule has 0 saturated heterocycles. The Balaban J connectivity index is 1.58. The molecule has 1 aliphatic heterocycles. The third kappa shape index (κ3) is 4.54. The Hall–Kier alpha value is -2.47. The van der Waals surface area contributed by atoms with E-state index in [-0.39, 0.29) is 12.3 Å². The molecular formula is C19H19NO4S. The molecule has 1 unspecified atom stereocenters. The van der Waals surface area contributed by atoms with Crippen molar-refractivity contribution in [3.8, 4) is 5.75 Å². The van der Waals surface area contributed by atoms with Gasteiger partial charge in [0.15, 0.2) is 6.04 Å². The predicted octanol–water partition coefficient (Wildman–Crippen LogP) is 3.05. The Morgan fingerprint density at radius 1 is 1.20 bits per heavy atom.